The second-order valence-corrected chi connectivity index (χ2v) is 13.0. The third-order valence-corrected chi connectivity index (χ3v) is 9.58. The lowest BCUT2D eigenvalue weighted by Gasteiger charge is -2.34. The van der Waals surface area contributed by atoms with Crippen molar-refractivity contribution in [1.82, 2.24) is 10.2 Å². The number of hydrogen-bond donors (Lipinski definition) is 1. The quantitative estimate of drug-likeness (QED) is 0.157. The van der Waals surface area contributed by atoms with Crippen LogP contribution in [0.15, 0.2) is 108 Å². The first-order valence-corrected chi connectivity index (χ1v) is 16.6. The Morgan fingerprint density at radius 1 is 0.911 bits per heavy atom. The maximum absolute atomic E-state index is 14.5. The minimum absolute atomic E-state index is 0.0152. The average molecular weight is 650 g/mol. The molecule has 1 atom stereocenters. The fourth-order valence-corrected chi connectivity index (χ4v) is 6.52. The first-order valence-electron chi connectivity index (χ1n) is 14.8. The molecule has 0 fully saturated rings. The number of rotatable bonds is 14. The monoisotopic (exact) mass is 649 g/mol. The number of anilines is 1. The largest absolute Gasteiger partial charge is 0.354 e. The van der Waals surface area contributed by atoms with Gasteiger partial charge in [0.05, 0.1) is 15.6 Å². The van der Waals surface area contributed by atoms with Crippen LogP contribution >= 0.6 is 11.6 Å². The van der Waals surface area contributed by atoms with Gasteiger partial charge in [-0.15, -0.1) is 0 Å². The number of nitrogens with zero attached hydrogens (tertiary/aromatic N) is 2. The summed E-state index contributed by atoms with van der Waals surface area (Å²) in [5.41, 5.74) is 2.59. The van der Waals surface area contributed by atoms with Gasteiger partial charge in [0.15, 0.2) is 0 Å². The number of carbonyl (C=O) groups is 2. The molecule has 0 spiro atoms. The van der Waals surface area contributed by atoms with E-state index >= 15 is 0 Å². The molecule has 0 aliphatic heterocycles. The van der Waals surface area contributed by atoms with Crippen LogP contribution in [-0.4, -0.2) is 44.3 Å². The van der Waals surface area contributed by atoms with Crippen molar-refractivity contribution < 1.29 is 22.4 Å². The molecule has 0 aliphatic rings. The summed E-state index contributed by atoms with van der Waals surface area (Å²) < 4.78 is 43.1. The standard InChI is InChI=1S/C35H37ClFN3O4S/c1-3-4-21-38-35(42)33(22-27-14-7-5-8-15-27)39(24-28-16-12-11-13-26(28)2)34(41)25-40(29-19-20-32(37)31(36)23-29)45(43,44)30-17-9-6-10-18-30/h5-20,23,33H,3-4,21-22,24-25H2,1-2H3,(H,38,42)/t33-/m0/s1. The molecular weight excluding hydrogens is 613 g/mol. The van der Waals surface area contributed by atoms with E-state index in [4.69, 9.17) is 11.6 Å². The van der Waals surface area contributed by atoms with Crippen molar-refractivity contribution in [2.24, 2.45) is 0 Å². The third-order valence-electron chi connectivity index (χ3n) is 7.50. The van der Waals surface area contributed by atoms with Crippen molar-refractivity contribution in [3.63, 3.8) is 0 Å². The van der Waals surface area contributed by atoms with E-state index in [1.54, 1.807) is 18.2 Å². The molecular formula is C35H37ClFN3O4S. The minimum atomic E-state index is -4.31. The van der Waals surface area contributed by atoms with Crippen LogP contribution in [-0.2, 0) is 32.6 Å². The highest BCUT2D eigenvalue weighted by atomic mass is 35.5. The van der Waals surface area contributed by atoms with Gasteiger partial charge < -0.3 is 10.2 Å². The Balaban J connectivity index is 1.81. The predicted molar refractivity (Wildman–Crippen MR) is 176 cm³/mol. The van der Waals surface area contributed by atoms with E-state index in [2.05, 4.69) is 5.32 Å². The van der Waals surface area contributed by atoms with E-state index in [0.717, 1.165) is 39.9 Å². The van der Waals surface area contributed by atoms with E-state index in [1.165, 1.54) is 29.2 Å². The summed E-state index contributed by atoms with van der Waals surface area (Å²) >= 11 is 6.08. The zero-order valence-electron chi connectivity index (χ0n) is 25.3. The third kappa shape index (κ3) is 8.71. The van der Waals surface area contributed by atoms with E-state index < -0.39 is 34.3 Å². The Morgan fingerprint density at radius 3 is 2.20 bits per heavy atom. The number of hydrogen-bond acceptors (Lipinski definition) is 4. The summed E-state index contributed by atoms with van der Waals surface area (Å²) in [6, 6.07) is 27.1. The zero-order valence-corrected chi connectivity index (χ0v) is 26.9. The maximum Gasteiger partial charge on any atom is 0.264 e. The summed E-state index contributed by atoms with van der Waals surface area (Å²) in [5.74, 6) is -1.67. The molecule has 4 rings (SSSR count). The normalized spacial score (nSPS) is 11.9. The van der Waals surface area contributed by atoms with Crippen LogP contribution in [0.25, 0.3) is 0 Å². The molecule has 4 aromatic rings. The number of sulfonamides is 1. The predicted octanol–water partition coefficient (Wildman–Crippen LogP) is 6.54. The van der Waals surface area contributed by atoms with Crippen LogP contribution in [0.4, 0.5) is 10.1 Å². The summed E-state index contributed by atoms with van der Waals surface area (Å²) in [5, 5.41) is 2.68. The minimum Gasteiger partial charge on any atom is -0.354 e. The van der Waals surface area contributed by atoms with E-state index in [0.29, 0.717) is 6.54 Å². The smallest absolute Gasteiger partial charge is 0.264 e. The molecule has 4 aromatic carbocycles. The van der Waals surface area contributed by atoms with Gasteiger partial charge in [0.25, 0.3) is 10.0 Å². The number of halogens is 2. The van der Waals surface area contributed by atoms with Gasteiger partial charge in [-0.05, 0) is 60.4 Å². The lowest BCUT2D eigenvalue weighted by molar-refractivity contribution is -0.140. The lowest BCUT2D eigenvalue weighted by atomic mass is 10.0. The van der Waals surface area contributed by atoms with Crippen LogP contribution < -0.4 is 9.62 Å². The highest BCUT2D eigenvalue weighted by molar-refractivity contribution is 7.92. The Bertz CT molecular complexity index is 1700. The molecule has 0 heterocycles. The molecule has 0 aromatic heterocycles. The van der Waals surface area contributed by atoms with Crippen molar-refractivity contribution in [1.29, 1.82) is 0 Å². The molecule has 0 bridgehead atoms. The summed E-state index contributed by atoms with van der Waals surface area (Å²) in [7, 11) is -4.31. The summed E-state index contributed by atoms with van der Waals surface area (Å²) in [6.07, 6.45) is 1.86. The van der Waals surface area contributed by atoms with E-state index in [-0.39, 0.29) is 34.5 Å². The molecule has 1 N–H and O–H groups in total. The second kappa shape index (κ2) is 15.7. The average Bonchev–Trinajstić information content (AvgIpc) is 3.04. The molecule has 0 saturated heterocycles. The lowest BCUT2D eigenvalue weighted by Crippen LogP contribution is -2.53. The van der Waals surface area contributed by atoms with Gasteiger partial charge in [0.1, 0.15) is 18.4 Å². The van der Waals surface area contributed by atoms with Gasteiger partial charge in [-0.25, -0.2) is 12.8 Å². The van der Waals surface area contributed by atoms with Crippen molar-refractivity contribution in [2.45, 2.75) is 50.6 Å². The van der Waals surface area contributed by atoms with Gasteiger partial charge in [0, 0.05) is 19.5 Å². The van der Waals surface area contributed by atoms with Crippen LogP contribution in [0.3, 0.4) is 0 Å². The summed E-state index contributed by atoms with van der Waals surface area (Å²) in [4.78, 5) is 29.7. The van der Waals surface area contributed by atoms with Crippen LogP contribution in [0.2, 0.25) is 5.02 Å². The highest BCUT2D eigenvalue weighted by Crippen LogP contribution is 2.28. The number of amides is 2. The molecule has 10 heteroatoms. The Hall–Kier alpha value is -4.21. The van der Waals surface area contributed by atoms with Gasteiger partial charge >= 0.3 is 0 Å². The molecule has 0 saturated carbocycles. The van der Waals surface area contributed by atoms with Gasteiger partial charge in [-0.2, -0.15) is 0 Å². The van der Waals surface area contributed by atoms with Crippen molar-refractivity contribution in [2.75, 3.05) is 17.4 Å². The number of aryl methyl sites for hydroxylation is 1. The highest BCUT2D eigenvalue weighted by Gasteiger charge is 2.35. The molecule has 2 amide bonds. The first kappa shape index (κ1) is 33.7. The maximum atomic E-state index is 14.5. The van der Waals surface area contributed by atoms with Gasteiger partial charge in [-0.1, -0.05) is 97.7 Å². The summed E-state index contributed by atoms with van der Waals surface area (Å²) in [6.45, 7) is 3.78. The van der Waals surface area contributed by atoms with Crippen LogP contribution in [0.1, 0.15) is 36.5 Å². The van der Waals surface area contributed by atoms with Gasteiger partial charge in [-0.3, -0.25) is 13.9 Å². The fraction of sp³-hybridized carbons (Fsp3) is 0.257. The molecule has 0 radical (unpaired) electrons. The van der Waals surface area contributed by atoms with Crippen LogP contribution in [0, 0.1) is 12.7 Å². The van der Waals surface area contributed by atoms with Crippen molar-refractivity contribution in [3.8, 4) is 0 Å². The van der Waals surface area contributed by atoms with Crippen molar-refractivity contribution in [3.05, 3.63) is 131 Å². The van der Waals surface area contributed by atoms with Gasteiger partial charge in [0.2, 0.25) is 11.8 Å². The Kier molecular flexibility index (Phi) is 11.7. The van der Waals surface area contributed by atoms with E-state index in [9.17, 15) is 22.4 Å². The first-order chi connectivity index (χ1) is 21.6. The SMILES string of the molecule is CCCCNC(=O)[C@H](Cc1ccccc1)N(Cc1ccccc1C)C(=O)CN(c1ccc(F)c(Cl)c1)S(=O)(=O)c1ccccc1. The molecule has 7 nitrogen and oxygen atoms in total. The van der Waals surface area contributed by atoms with E-state index in [1.807, 2.05) is 68.4 Å². The topological polar surface area (TPSA) is 86.8 Å². The number of unbranched alkanes of at least 4 members (excludes halogenated alkanes) is 1. The zero-order chi connectivity index (χ0) is 32.4. The molecule has 45 heavy (non-hydrogen) atoms. The second-order valence-electron chi connectivity index (χ2n) is 10.7. The number of carbonyl (C=O) groups excluding carboxylic acids is 2. The van der Waals surface area contributed by atoms with Crippen molar-refractivity contribution >= 4 is 39.1 Å². The molecule has 0 aliphatic carbocycles. The Labute approximate surface area is 269 Å². The van der Waals surface area contributed by atoms with Crippen LogP contribution in [0.5, 0.6) is 0 Å². The molecule has 236 valence electrons. The molecule has 0 unspecified atom stereocenters. The Morgan fingerprint density at radius 2 is 1.56 bits per heavy atom. The fourth-order valence-electron chi connectivity index (χ4n) is 4.92. The number of nitrogens with one attached hydrogen (secondary N) is 1. The number of benzene rings is 4.